The quantitative estimate of drug-likeness (QED) is 0.847. The number of H-pyrrole nitrogens is 1. The summed E-state index contributed by atoms with van der Waals surface area (Å²) < 4.78 is 4.83. The van der Waals surface area contributed by atoms with Crippen LogP contribution in [0.3, 0.4) is 0 Å². The Balaban J connectivity index is 1.98. The van der Waals surface area contributed by atoms with E-state index in [-0.39, 0.29) is 17.9 Å². The third-order valence-corrected chi connectivity index (χ3v) is 2.91. The van der Waals surface area contributed by atoms with Crippen LogP contribution in [0.4, 0.5) is 5.95 Å². The van der Waals surface area contributed by atoms with Gasteiger partial charge in [0.05, 0.1) is 7.11 Å². The Hall–Kier alpha value is -2.37. The first kappa shape index (κ1) is 14.0. The van der Waals surface area contributed by atoms with Crippen molar-refractivity contribution in [1.82, 2.24) is 15.2 Å². The van der Waals surface area contributed by atoms with Crippen LogP contribution in [0.25, 0.3) is 0 Å². The fourth-order valence-electron chi connectivity index (χ4n) is 1.78. The predicted molar refractivity (Wildman–Crippen MR) is 75.9 cm³/mol. The summed E-state index contributed by atoms with van der Waals surface area (Å²) in [5.74, 6) is 0.0350. The van der Waals surface area contributed by atoms with Crippen LogP contribution in [0.1, 0.15) is 35.7 Å². The van der Waals surface area contributed by atoms with Crippen LogP contribution in [0.15, 0.2) is 24.3 Å². The minimum atomic E-state index is -0.231. The van der Waals surface area contributed by atoms with E-state index < -0.39 is 0 Å². The lowest BCUT2D eigenvalue weighted by Gasteiger charge is -2.03. The van der Waals surface area contributed by atoms with Gasteiger partial charge in [-0.05, 0) is 30.5 Å². The summed E-state index contributed by atoms with van der Waals surface area (Å²) in [5, 5.41) is 8.96. The summed E-state index contributed by atoms with van der Waals surface area (Å²) in [5.41, 5.74) is 1.82. The number of carbonyl (C=O) groups excluding carboxylic acids is 1. The molecule has 0 saturated heterocycles. The molecule has 0 unspecified atom stereocenters. The number of amides is 1. The van der Waals surface area contributed by atoms with Gasteiger partial charge in [-0.2, -0.15) is 4.98 Å². The van der Waals surface area contributed by atoms with Crippen molar-refractivity contribution in [1.29, 1.82) is 0 Å². The van der Waals surface area contributed by atoms with Crippen molar-refractivity contribution in [2.45, 2.75) is 26.2 Å². The second-order valence-corrected chi connectivity index (χ2v) is 4.43. The van der Waals surface area contributed by atoms with Crippen molar-refractivity contribution < 1.29 is 9.53 Å². The van der Waals surface area contributed by atoms with Crippen LogP contribution in [0, 0.1) is 0 Å². The van der Waals surface area contributed by atoms with Gasteiger partial charge in [0.2, 0.25) is 5.95 Å². The summed E-state index contributed by atoms with van der Waals surface area (Å²) in [6.07, 6.45) is 3.36. The lowest BCUT2D eigenvalue weighted by molar-refractivity contribution is 0.102. The highest BCUT2D eigenvalue weighted by Gasteiger charge is 2.09. The third-order valence-electron chi connectivity index (χ3n) is 2.91. The molecule has 2 aromatic rings. The largest absolute Gasteiger partial charge is 0.466 e. The first-order chi connectivity index (χ1) is 9.72. The van der Waals surface area contributed by atoms with Crippen molar-refractivity contribution in [3.63, 3.8) is 0 Å². The summed E-state index contributed by atoms with van der Waals surface area (Å²) in [7, 11) is 1.46. The molecule has 0 aliphatic rings. The topological polar surface area (TPSA) is 79.9 Å². The second kappa shape index (κ2) is 6.70. The molecule has 1 aromatic carbocycles. The lowest BCUT2D eigenvalue weighted by atomic mass is 10.1. The van der Waals surface area contributed by atoms with Gasteiger partial charge in [-0.1, -0.05) is 25.5 Å². The molecule has 0 saturated carbocycles. The predicted octanol–water partition coefficient (Wildman–Crippen LogP) is 2.41. The highest BCUT2D eigenvalue weighted by Crippen LogP contribution is 2.10. The van der Waals surface area contributed by atoms with E-state index in [0.29, 0.717) is 5.56 Å². The molecular formula is C14H18N4O2. The molecule has 0 aliphatic carbocycles. The van der Waals surface area contributed by atoms with E-state index in [1.807, 2.05) is 24.3 Å². The average Bonchev–Trinajstić information content (AvgIpc) is 2.93. The van der Waals surface area contributed by atoms with Crippen LogP contribution in [-0.2, 0) is 6.42 Å². The summed E-state index contributed by atoms with van der Waals surface area (Å²) in [6, 6.07) is 7.77. The Labute approximate surface area is 117 Å². The number of benzene rings is 1. The van der Waals surface area contributed by atoms with E-state index in [9.17, 15) is 4.79 Å². The average molecular weight is 274 g/mol. The van der Waals surface area contributed by atoms with Gasteiger partial charge in [0.25, 0.3) is 5.91 Å². The molecule has 0 radical (unpaired) electrons. The van der Waals surface area contributed by atoms with Crippen LogP contribution >= 0.6 is 0 Å². The van der Waals surface area contributed by atoms with E-state index in [1.165, 1.54) is 12.7 Å². The molecule has 1 amide bonds. The molecule has 106 valence electrons. The van der Waals surface area contributed by atoms with E-state index >= 15 is 0 Å². The summed E-state index contributed by atoms with van der Waals surface area (Å²) in [4.78, 5) is 15.9. The fourth-order valence-corrected chi connectivity index (χ4v) is 1.78. The van der Waals surface area contributed by atoms with Gasteiger partial charge in [0.1, 0.15) is 0 Å². The number of hydrogen-bond acceptors (Lipinski definition) is 4. The Morgan fingerprint density at radius 1 is 1.35 bits per heavy atom. The lowest BCUT2D eigenvalue weighted by Crippen LogP contribution is -2.13. The van der Waals surface area contributed by atoms with Crippen LogP contribution in [0.2, 0.25) is 0 Å². The van der Waals surface area contributed by atoms with Gasteiger partial charge in [-0.15, -0.1) is 5.10 Å². The van der Waals surface area contributed by atoms with Gasteiger partial charge in [0, 0.05) is 5.56 Å². The fraction of sp³-hybridized carbons (Fsp3) is 0.357. The number of rotatable bonds is 6. The van der Waals surface area contributed by atoms with Crippen molar-refractivity contribution in [2.24, 2.45) is 0 Å². The molecule has 0 bridgehead atoms. The maximum atomic E-state index is 12.0. The van der Waals surface area contributed by atoms with E-state index in [1.54, 1.807) is 0 Å². The number of methoxy groups -OCH3 is 1. The zero-order valence-corrected chi connectivity index (χ0v) is 11.6. The molecule has 0 fully saturated rings. The molecule has 6 heteroatoms. The maximum absolute atomic E-state index is 12.0. The standard InChI is InChI=1S/C14H18N4O2/c1-3-4-5-10-6-8-11(9-7-10)12(19)15-13-16-14(20-2)18-17-13/h6-9H,3-5H2,1-2H3,(H2,15,16,17,18,19). The SMILES string of the molecule is CCCCc1ccc(C(=O)Nc2nc(OC)n[nH]2)cc1. The Kier molecular flexibility index (Phi) is 4.70. The summed E-state index contributed by atoms with van der Waals surface area (Å²) in [6.45, 7) is 2.16. The zero-order chi connectivity index (χ0) is 14.4. The maximum Gasteiger partial charge on any atom is 0.336 e. The van der Waals surface area contributed by atoms with Crippen molar-refractivity contribution in [3.8, 4) is 6.01 Å². The third kappa shape index (κ3) is 3.57. The Morgan fingerprint density at radius 3 is 2.70 bits per heavy atom. The molecule has 20 heavy (non-hydrogen) atoms. The van der Waals surface area contributed by atoms with Crippen LogP contribution in [-0.4, -0.2) is 28.2 Å². The minimum Gasteiger partial charge on any atom is -0.466 e. The molecule has 2 N–H and O–H groups in total. The normalized spacial score (nSPS) is 10.3. The van der Waals surface area contributed by atoms with E-state index in [4.69, 9.17) is 4.74 Å². The van der Waals surface area contributed by atoms with Gasteiger partial charge >= 0.3 is 6.01 Å². The van der Waals surface area contributed by atoms with Gasteiger partial charge in [-0.3, -0.25) is 10.1 Å². The molecular weight excluding hydrogens is 256 g/mol. The minimum absolute atomic E-state index is 0.190. The smallest absolute Gasteiger partial charge is 0.336 e. The molecule has 2 rings (SSSR count). The van der Waals surface area contributed by atoms with Gasteiger partial charge < -0.3 is 4.74 Å². The number of hydrogen-bond donors (Lipinski definition) is 2. The number of ether oxygens (including phenoxy) is 1. The second-order valence-electron chi connectivity index (χ2n) is 4.43. The molecule has 6 nitrogen and oxygen atoms in total. The number of nitrogens with zero attached hydrogens (tertiary/aromatic N) is 2. The highest BCUT2D eigenvalue weighted by molar-refractivity contribution is 6.03. The molecule has 1 heterocycles. The van der Waals surface area contributed by atoms with E-state index in [0.717, 1.165) is 19.3 Å². The summed E-state index contributed by atoms with van der Waals surface area (Å²) >= 11 is 0. The number of aryl methyl sites for hydroxylation is 1. The van der Waals surface area contributed by atoms with Crippen molar-refractivity contribution in [3.05, 3.63) is 35.4 Å². The Bertz CT molecular complexity index is 563. The zero-order valence-electron chi connectivity index (χ0n) is 11.6. The van der Waals surface area contributed by atoms with Crippen molar-refractivity contribution >= 4 is 11.9 Å². The monoisotopic (exact) mass is 274 g/mol. The van der Waals surface area contributed by atoms with Crippen molar-refractivity contribution in [2.75, 3.05) is 12.4 Å². The molecule has 1 aromatic heterocycles. The number of unbranched alkanes of at least 4 members (excludes halogenated alkanes) is 1. The molecule has 0 spiro atoms. The number of anilines is 1. The number of aromatic amines is 1. The van der Waals surface area contributed by atoms with Gasteiger partial charge in [0.15, 0.2) is 0 Å². The number of nitrogens with one attached hydrogen (secondary N) is 2. The van der Waals surface area contributed by atoms with Gasteiger partial charge in [-0.25, -0.2) is 5.10 Å². The first-order valence-electron chi connectivity index (χ1n) is 6.59. The number of aromatic nitrogens is 3. The molecule has 0 atom stereocenters. The molecule has 0 aliphatic heterocycles. The van der Waals surface area contributed by atoms with Crippen LogP contribution < -0.4 is 10.1 Å². The Morgan fingerprint density at radius 2 is 2.10 bits per heavy atom. The first-order valence-corrected chi connectivity index (χ1v) is 6.59. The van der Waals surface area contributed by atoms with Crippen LogP contribution in [0.5, 0.6) is 6.01 Å². The number of carbonyl (C=O) groups is 1. The highest BCUT2D eigenvalue weighted by atomic mass is 16.5. The van der Waals surface area contributed by atoms with E-state index in [2.05, 4.69) is 27.4 Å².